The highest BCUT2D eigenvalue weighted by Gasteiger charge is 2.24. The maximum Gasteiger partial charge on any atom is 0.283 e. The zero-order valence-corrected chi connectivity index (χ0v) is 20.1. The van der Waals surface area contributed by atoms with E-state index in [4.69, 9.17) is 0 Å². The number of likely N-dealkylation sites (N-methyl/N-ethyl adjacent to an activating group) is 1. The summed E-state index contributed by atoms with van der Waals surface area (Å²) in [7, 11) is 2.06. The summed E-state index contributed by atoms with van der Waals surface area (Å²) in [5.41, 5.74) is 1.34. The van der Waals surface area contributed by atoms with Crippen LogP contribution in [0.3, 0.4) is 0 Å². The van der Waals surface area contributed by atoms with Gasteiger partial charge in [-0.2, -0.15) is 0 Å². The third-order valence-electron chi connectivity index (χ3n) is 5.14. The number of Topliss-reactive ketones (excluding diaryl/α,β-unsaturated/α-hetero) is 1. The third kappa shape index (κ3) is 6.13. The number of benzene rings is 1. The van der Waals surface area contributed by atoms with Crippen molar-refractivity contribution in [2.24, 2.45) is 0 Å². The van der Waals surface area contributed by atoms with Gasteiger partial charge in [0.05, 0.1) is 0 Å². The number of nitrogens with zero attached hydrogens (tertiary/aromatic N) is 5. The zero-order valence-electron chi connectivity index (χ0n) is 17.7. The van der Waals surface area contributed by atoms with Crippen LogP contribution in [0.1, 0.15) is 33.0 Å². The fourth-order valence-electron chi connectivity index (χ4n) is 3.34. The van der Waals surface area contributed by atoms with Gasteiger partial charge < -0.3 is 15.1 Å². The summed E-state index contributed by atoms with van der Waals surface area (Å²) in [6, 6.07) is 9.30. The van der Waals surface area contributed by atoms with Gasteiger partial charge in [0.2, 0.25) is 0 Å². The number of amides is 1. The van der Waals surface area contributed by atoms with E-state index in [1.165, 1.54) is 17.7 Å². The van der Waals surface area contributed by atoms with Gasteiger partial charge in [-0.3, -0.25) is 9.59 Å². The second kappa shape index (κ2) is 12.1. The molecule has 1 aliphatic rings. The number of nitrogens with one attached hydrogen (secondary N) is 1. The Hall–Kier alpha value is -2.33. The molecule has 0 atom stereocenters. The maximum atomic E-state index is 12.8. The van der Waals surface area contributed by atoms with Crippen LogP contribution in [0, 0.1) is 0 Å². The number of hydrogen-bond donors (Lipinski definition) is 1. The van der Waals surface area contributed by atoms with Gasteiger partial charge in [-0.25, -0.2) is 15.0 Å². The monoisotopic (exact) mass is 496 g/mol. The predicted octanol–water partition coefficient (Wildman–Crippen LogP) is 3.39. The van der Waals surface area contributed by atoms with Crippen LogP contribution in [-0.2, 0) is 0 Å². The molecule has 3 aromatic rings. The van der Waals surface area contributed by atoms with Crippen molar-refractivity contribution in [3.05, 3.63) is 47.2 Å². The topological polar surface area (TPSA) is 91.3 Å². The molecule has 0 spiro atoms. The Labute approximate surface area is 203 Å². The van der Waals surface area contributed by atoms with Crippen molar-refractivity contribution in [2.45, 2.75) is 12.8 Å². The van der Waals surface area contributed by atoms with Crippen molar-refractivity contribution < 1.29 is 9.59 Å². The molecule has 1 amide bonds. The van der Waals surface area contributed by atoms with Gasteiger partial charge in [-0.05, 0) is 13.5 Å². The normalized spacial score (nSPS) is 13.8. The van der Waals surface area contributed by atoms with Crippen LogP contribution in [0.2, 0.25) is 0 Å². The van der Waals surface area contributed by atoms with E-state index >= 15 is 0 Å². The predicted molar refractivity (Wildman–Crippen MR) is 132 cm³/mol. The lowest BCUT2D eigenvalue weighted by atomic mass is 10.1. The van der Waals surface area contributed by atoms with Crippen LogP contribution in [0.5, 0.6) is 0 Å². The van der Waals surface area contributed by atoms with Crippen molar-refractivity contribution in [2.75, 3.05) is 45.1 Å². The summed E-state index contributed by atoms with van der Waals surface area (Å²) >= 11 is 1.29. The highest BCUT2D eigenvalue weighted by Crippen LogP contribution is 2.25. The van der Waals surface area contributed by atoms with Crippen LogP contribution in [0.25, 0.3) is 10.3 Å². The van der Waals surface area contributed by atoms with Gasteiger partial charge in [0.15, 0.2) is 16.6 Å². The number of halogens is 2. The summed E-state index contributed by atoms with van der Waals surface area (Å²) in [4.78, 5) is 42.8. The third-order valence-corrected chi connectivity index (χ3v) is 6.09. The highest BCUT2D eigenvalue weighted by atomic mass is 35.5. The molecular formula is C21H26Cl2N6O2S. The molecule has 4 rings (SSSR count). The zero-order chi connectivity index (χ0) is 20.9. The maximum absolute atomic E-state index is 12.8. The van der Waals surface area contributed by atoms with Crippen LogP contribution in [0.4, 0.5) is 5.82 Å². The second-order valence-electron chi connectivity index (χ2n) is 7.31. The molecule has 0 radical (unpaired) electrons. The molecule has 0 bridgehead atoms. The molecule has 2 aromatic heterocycles. The van der Waals surface area contributed by atoms with Gasteiger partial charge in [0.25, 0.3) is 5.91 Å². The molecule has 11 heteroatoms. The number of anilines is 1. The minimum atomic E-state index is -0.0505. The summed E-state index contributed by atoms with van der Waals surface area (Å²) in [5, 5.41) is 3.68. The lowest BCUT2D eigenvalue weighted by Crippen LogP contribution is -2.47. The number of thiazole rings is 1. The van der Waals surface area contributed by atoms with Gasteiger partial charge >= 0.3 is 0 Å². The van der Waals surface area contributed by atoms with E-state index < -0.39 is 0 Å². The Balaban J connectivity index is 0.00000181. The average Bonchev–Trinajstić information content (AvgIpc) is 3.22. The molecule has 0 saturated carbocycles. The number of hydrogen-bond acceptors (Lipinski definition) is 8. The smallest absolute Gasteiger partial charge is 0.283 e. The lowest BCUT2D eigenvalue weighted by molar-refractivity contribution is 0.0664. The first kappa shape index (κ1) is 25.9. The Morgan fingerprint density at radius 1 is 1.06 bits per heavy atom. The quantitative estimate of drug-likeness (QED) is 0.395. The molecule has 1 aromatic carbocycles. The van der Waals surface area contributed by atoms with E-state index in [1.54, 1.807) is 0 Å². The fourth-order valence-corrected chi connectivity index (χ4v) is 4.22. The van der Waals surface area contributed by atoms with E-state index in [0.29, 0.717) is 53.6 Å². The Morgan fingerprint density at radius 2 is 1.78 bits per heavy atom. The number of piperazine rings is 1. The number of carbonyl (C=O) groups is 2. The molecular weight excluding hydrogens is 471 g/mol. The molecule has 0 aliphatic carbocycles. The number of aromatic nitrogens is 3. The van der Waals surface area contributed by atoms with Crippen LogP contribution < -0.4 is 5.32 Å². The first-order valence-electron chi connectivity index (χ1n) is 10.0. The molecule has 3 heterocycles. The molecule has 1 N–H and O–H groups in total. The van der Waals surface area contributed by atoms with Crippen molar-refractivity contribution in [1.82, 2.24) is 24.8 Å². The standard InChI is InChI=1S/C21H24N6O2S.2ClH/c1-26-10-12-27(13-11-26)21(29)20-25-17-18(23-14-24-19(17)30-20)22-9-5-8-16(28)15-6-3-2-4-7-15;;/h2-4,6-7,14H,5,8-13H2,1H3,(H,22,23,24);2*1H. The minimum Gasteiger partial charge on any atom is -0.368 e. The summed E-state index contributed by atoms with van der Waals surface area (Å²) in [5.74, 6) is 0.672. The van der Waals surface area contributed by atoms with Crippen molar-refractivity contribution in [1.29, 1.82) is 0 Å². The molecule has 8 nitrogen and oxygen atoms in total. The summed E-state index contributed by atoms with van der Waals surface area (Å²) < 4.78 is 0. The minimum absolute atomic E-state index is 0. The molecule has 1 aliphatic heterocycles. The SMILES string of the molecule is CN1CCN(C(=O)c2nc3c(NCCCC(=O)c4ccccc4)ncnc3s2)CC1.Cl.Cl. The molecule has 1 fully saturated rings. The average molecular weight is 497 g/mol. The van der Waals surface area contributed by atoms with E-state index in [2.05, 4.69) is 32.2 Å². The second-order valence-corrected chi connectivity index (χ2v) is 8.29. The number of ketones is 1. The molecule has 0 unspecified atom stereocenters. The van der Waals surface area contributed by atoms with Gasteiger partial charge in [-0.15, -0.1) is 24.8 Å². The Morgan fingerprint density at radius 3 is 2.50 bits per heavy atom. The molecule has 172 valence electrons. The Kier molecular flexibility index (Phi) is 9.77. The van der Waals surface area contributed by atoms with Crippen LogP contribution in [-0.4, -0.2) is 76.2 Å². The van der Waals surface area contributed by atoms with Gasteiger partial charge in [-0.1, -0.05) is 41.7 Å². The van der Waals surface area contributed by atoms with E-state index in [-0.39, 0.29) is 36.5 Å². The van der Waals surface area contributed by atoms with Crippen LogP contribution >= 0.6 is 36.2 Å². The van der Waals surface area contributed by atoms with Crippen LogP contribution in [0.15, 0.2) is 36.7 Å². The fraction of sp³-hybridized carbons (Fsp3) is 0.381. The van der Waals surface area contributed by atoms with Crippen molar-refractivity contribution in [3.8, 4) is 0 Å². The number of rotatable bonds is 7. The van der Waals surface area contributed by atoms with Crippen molar-refractivity contribution in [3.63, 3.8) is 0 Å². The number of fused-ring (bicyclic) bond motifs is 1. The Bertz CT molecular complexity index is 1040. The van der Waals surface area contributed by atoms with E-state index in [9.17, 15) is 9.59 Å². The lowest BCUT2D eigenvalue weighted by Gasteiger charge is -2.31. The molecule has 32 heavy (non-hydrogen) atoms. The van der Waals surface area contributed by atoms with E-state index in [0.717, 1.165) is 18.7 Å². The summed E-state index contributed by atoms with van der Waals surface area (Å²) in [6.07, 6.45) is 2.61. The van der Waals surface area contributed by atoms with Crippen molar-refractivity contribution >= 4 is 64.0 Å². The largest absolute Gasteiger partial charge is 0.368 e. The summed E-state index contributed by atoms with van der Waals surface area (Å²) in [6.45, 7) is 3.73. The highest BCUT2D eigenvalue weighted by molar-refractivity contribution is 7.19. The van der Waals surface area contributed by atoms with E-state index in [1.807, 2.05) is 35.2 Å². The van der Waals surface area contributed by atoms with Gasteiger partial charge in [0, 0.05) is 44.7 Å². The first-order valence-corrected chi connectivity index (χ1v) is 10.8. The first-order chi connectivity index (χ1) is 14.6. The number of carbonyl (C=O) groups excluding carboxylic acids is 2. The molecule has 1 saturated heterocycles. The van der Waals surface area contributed by atoms with Gasteiger partial charge in [0.1, 0.15) is 16.7 Å².